The van der Waals surface area contributed by atoms with E-state index in [1.165, 1.54) is 36.8 Å². The van der Waals surface area contributed by atoms with E-state index in [0.717, 1.165) is 5.92 Å². The number of allylic oxidation sites excluding steroid dienone is 2. The number of hydrogen-bond acceptors (Lipinski definition) is 0. The molecular weight excluding hydrogens is 168 g/mol. The normalized spacial score (nSPS) is 24.8. The molecular formula is C14H16. The maximum atomic E-state index is 2.34. The van der Waals surface area contributed by atoms with E-state index in [1.54, 1.807) is 11.1 Å². The highest BCUT2D eigenvalue weighted by Crippen LogP contribution is 2.47. The van der Waals surface area contributed by atoms with Gasteiger partial charge in [-0.25, -0.2) is 0 Å². The maximum Gasteiger partial charge on any atom is -0.0222 e. The zero-order valence-corrected chi connectivity index (χ0v) is 8.72. The molecule has 0 aliphatic heterocycles. The molecule has 0 heteroatoms. The largest absolute Gasteiger partial charge is 0.0661 e. The van der Waals surface area contributed by atoms with E-state index in [9.17, 15) is 0 Å². The standard InChI is InChI=1S/C14H16/c1-10-3-2-4-12(7-10)14-9-11-5-6-13(14)8-11/h2-4,7,11H,5-6,8-9H2,1H3. The molecule has 1 saturated carbocycles. The Morgan fingerprint density at radius 3 is 2.79 bits per heavy atom. The number of benzene rings is 1. The van der Waals surface area contributed by atoms with Gasteiger partial charge in [0.15, 0.2) is 0 Å². The number of rotatable bonds is 1. The molecule has 2 bridgehead atoms. The van der Waals surface area contributed by atoms with Crippen molar-refractivity contribution in [2.75, 3.05) is 0 Å². The lowest BCUT2D eigenvalue weighted by Gasteiger charge is -2.12. The molecule has 0 nitrogen and oxygen atoms in total. The lowest BCUT2D eigenvalue weighted by Crippen LogP contribution is -1.94. The van der Waals surface area contributed by atoms with Crippen molar-refractivity contribution >= 4 is 5.57 Å². The molecule has 1 aromatic rings. The van der Waals surface area contributed by atoms with Crippen LogP contribution in [0.25, 0.3) is 5.57 Å². The molecule has 0 spiro atoms. The van der Waals surface area contributed by atoms with Gasteiger partial charge < -0.3 is 0 Å². The van der Waals surface area contributed by atoms with Crippen molar-refractivity contribution in [3.63, 3.8) is 0 Å². The third kappa shape index (κ3) is 1.21. The number of fused-ring (bicyclic) bond motifs is 2. The van der Waals surface area contributed by atoms with Crippen LogP contribution in [0.3, 0.4) is 0 Å². The van der Waals surface area contributed by atoms with Gasteiger partial charge in [-0.1, -0.05) is 35.4 Å². The van der Waals surface area contributed by atoms with Crippen molar-refractivity contribution in [1.82, 2.24) is 0 Å². The van der Waals surface area contributed by atoms with Crippen LogP contribution in [-0.4, -0.2) is 0 Å². The number of aryl methyl sites for hydroxylation is 1. The topological polar surface area (TPSA) is 0 Å². The molecule has 0 N–H and O–H groups in total. The predicted octanol–water partition coefficient (Wildman–Crippen LogP) is 3.95. The third-order valence-corrected chi connectivity index (χ3v) is 3.68. The summed E-state index contributed by atoms with van der Waals surface area (Å²) in [5.74, 6) is 0.987. The van der Waals surface area contributed by atoms with Gasteiger partial charge in [0.05, 0.1) is 0 Å². The molecule has 1 atom stereocenters. The molecule has 0 radical (unpaired) electrons. The Balaban J connectivity index is 2.04. The highest BCUT2D eigenvalue weighted by Gasteiger charge is 2.30. The van der Waals surface area contributed by atoms with Gasteiger partial charge in [0.1, 0.15) is 0 Å². The molecule has 1 fully saturated rings. The second-order valence-corrected chi connectivity index (χ2v) is 4.76. The lowest BCUT2D eigenvalue weighted by atomic mass is 9.93. The summed E-state index contributed by atoms with van der Waals surface area (Å²) in [6, 6.07) is 8.98. The Labute approximate surface area is 85.6 Å². The highest BCUT2D eigenvalue weighted by molar-refractivity contribution is 5.72. The van der Waals surface area contributed by atoms with Gasteiger partial charge in [-0.2, -0.15) is 0 Å². The van der Waals surface area contributed by atoms with Crippen LogP contribution >= 0.6 is 0 Å². The predicted molar refractivity (Wildman–Crippen MR) is 60.1 cm³/mol. The van der Waals surface area contributed by atoms with Crippen LogP contribution in [0, 0.1) is 12.8 Å². The molecule has 2 aliphatic carbocycles. The molecule has 2 aliphatic rings. The van der Waals surface area contributed by atoms with Gasteiger partial charge in [-0.15, -0.1) is 0 Å². The summed E-state index contributed by atoms with van der Waals surface area (Å²) in [6.07, 6.45) is 5.56. The Kier molecular flexibility index (Phi) is 1.76. The summed E-state index contributed by atoms with van der Waals surface area (Å²) in [6.45, 7) is 2.18. The Morgan fingerprint density at radius 2 is 2.14 bits per heavy atom. The molecule has 0 aromatic heterocycles. The fraction of sp³-hybridized carbons (Fsp3) is 0.429. The Bertz CT molecular complexity index is 398. The quantitative estimate of drug-likeness (QED) is 0.620. The van der Waals surface area contributed by atoms with E-state index >= 15 is 0 Å². The van der Waals surface area contributed by atoms with Crippen LogP contribution in [-0.2, 0) is 0 Å². The molecule has 0 saturated heterocycles. The van der Waals surface area contributed by atoms with Crippen molar-refractivity contribution in [2.24, 2.45) is 5.92 Å². The smallest absolute Gasteiger partial charge is 0.0222 e. The van der Waals surface area contributed by atoms with Crippen molar-refractivity contribution in [3.05, 3.63) is 41.0 Å². The van der Waals surface area contributed by atoms with Gasteiger partial charge >= 0.3 is 0 Å². The molecule has 0 heterocycles. The van der Waals surface area contributed by atoms with Crippen LogP contribution in [0.5, 0.6) is 0 Å². The monoisotopic (exact) mass is 184 g/mol. The summed E-state index contributed by atoms with van der Waals surface area (Å²) in [5, 5.41) is 0. The van der Waals surface area contributed by atoms with Crippen LogP contribution in [0.4, 0.5) is 0 Å². The van der Waals surface area contributed by atoms with Gasteiger partial charge in [-0.3, -0.25) is 0 Å². The summed E-state index contributed by atoms with van der Waals surface area (Å²) in [5.41, 5.74) is 6.30. The first kappa shape index (κ1) is 8.28. The van der Waals surface area contributed by atoms with E-state index in [2.05, 4.69) is 31.2 Å². The third-order valence-electron chi connectivity index (χ3n) is 3.68. The first-order valence-corrected chi connectivity index (χ1v) is 5.61. The first-order chi connectivity index (χ1) is 6.83. The average molecular weight is 184 g/mol. The van der Waals surface area contributed by atoms with Crippen LogP contribution < -0.4 is 0 Å². The second kappa shape index (κ2) is 2.98. The van der Waals surface area contributed by atoms with Crippen LogP contribution in [0.15, 0.2) is 29.8 Å². The Morgan fingerprint density at radius 1 is 1.21 bits per heavy atom. The van der Waals surface area contributed by atoms with E-state index in [1.807, 2.05) is 0 Å². The molecule has 0 amide bonds. The van der Waals surface area contributed by atoms with Crippen molar-refractivity contribution in [2.45, 2.75) is 32.6 Å². The fourth-order valence-corrected chi connectivity index (χ4v) is 2.97. The summed E-state index contributed by atoms with van der Waals surface area (Å²) < 4.78 is 0. The molecule has 72 valence electrons. The minimum Gasteiger partial charge on any atom is -0.0661 e. The van der Waals surface area contributed by atoms with E-state index < -0.39 is 0 Å². The van der Waals surface area contributed by atoms with Gasteiger partial charge in [-0.05, 0) is 49.7 Å². The fourth-order valence-electron chi connectivity index (χ4n) is 2.97. The molecule has 1 aromatic carbocycles. The zero-order valence-electron chi connectivity index (χ0n) is 8.72. The summed E-state index contributed by atoms with van der Waals surface area (Å²) in [4.78, 5) is 0. The van der Waals surface area contributed by atoms with E-state index in [4.69, 9.17) is 0 Å². The zero-order chi connectivity index (χ0) is 9.54. The lowest BCUT2D eigenvalue weighted by molar-refractivity contribution is 0.582. The van der Waals surface area contributed by atoms with E-state index in [0.29, 0.717) is 0 Å². The average Bonchev–Trinajstić information content (AvgIpc) is 2.78. The van der Waals surface area contributed by atoms with Gasteiger partial charge in [0.2, 0.25) is 0 Å². The van der Waals surface area contributed by atoms with Crippen molar-refractivity contribution in [1.29, 1.82) is 0 Å². The maximum absolute atomic E-state index is 2.34. The molecule has 3 rings (SSSR count). The van der Waals surface area contributed by atoms with Crippen LogP contribution in [0.2, 0.25) is 0 Å². The molecule has 1 unspecified atom stereocenters. The van der Waals surface area contributed by atoms with Gasteiger partial charge in [0, 0.05) is 0 Å². The summed E-state index contributed by atoms with van der Waals surface area (Å²) in [7, 11) is 0. The SMILES string of the molecule is Cc1cccc(C2=C3CCC(C3)C2)c1. The first-order valence-electron chi connectivity index (χ1n) is 5.61. The minimum absolute atomic E-state index is 0.987. The van der Waals surface area contributed by atoms with Crippen molar-refractivity contribution in [3.8, 4) is 0 Å². The van der Waals surface area contributed by atoms with Gasteiger partial charge in [0.25, 0.3) is 0 Å². The van der Waals surface area contributed by atoms with E-state index in [-0.39, 0.29) is 0 Å². The van der Waals surface area contributed by atoms with Crippen LogP contribution in [0.1, 0.15) is 36.8 Å². The second-order valence-electron chi connectivity index (χ2n) is 4.76. The number of hydrogen-bond donors (Lipinski definition) is 0. The molecule has 14 heavy (non-hydrogen) atoms. The minimum atomic E-state index is 0.987. The summed E-state index contributed by atoms with van der Waals surface area (Å²) >= 11 is 0. The highest BCUT2D eigenvalue weighted by atomic mass is 14.3. The Hall–Kier alpha value is -1.04. The van der Waals surface area contributed by atoms with Crippen molar-refractivity contribution < 1.29 is 0 Å².